The Bertz CT molecular complexity index is 330. The van der Waals surface area contributed by atoms with Crippen molar-refractivity contribution in [1.82, 2.24) is 10.2 Å². The van der Waals surface area contributed by atoms with Crippen LogP contribution in [0.5, 0.6) is 0 Å². The van der Waals surface area contributed by atoms with Gasteiger partial charge in [-0.3, -0.25) is 0 Å². The minimum absolute atomic E-state index is 0.838. The summed E-state index contributed by atoms with van der Waals surface area (Å²) in [5.74, 6) is 5.33. The molecule has 0 amide bonds. The van der Waals surface area contributed by atoms with Crippen LogP contribution in [0, 0.1) is 29.6 Å². The molecule has 19 heavy (non-hydrogen) atoms. The van der Waals surface area contributed by atoms with Crippen molar-refractivity contribution in [3.8, 4) is 0 Å². The van der Waals surface area contributed by atoms with Crippen molar-refractivity contribution in [3.63, 3.8) is 0 Å². The predicted molar refractivity (Wildman–Crippen MR) is 76.9 cm³/mol. The Morgan fingerprint density at radius 2 is 1.37 bits per heavy atom. The monoisotopic (exact) mass is 260 g/mol. The molecule has 0 spiro atoms. The Kier molecular flexibility index (Phi) is 2.56. The van der Waals surface area contributed by atoms with Crippen LogP contribution in [0.2, 0.25) is 0 Å². The number of rotatable bonds is 2. The molecule has 3 heterocycles. The lowest BCUT2D eigenvalue weighted by Gasteiger charge is -2.56. The van der Waals surface area contributed by atoms with Crippen molar-refractivity contribution in [3.05, 3.63) is 0 Å². The van der Waals surface area contributed by atoms with Crippen molar-refractivity contribution in [2.75, 3.05) is 19.6 Å². The second-order valence-corrected chi connectivity index (χ2v) is 8.37. The summed E-state index contributed by atoms with van der Waals surface area (Å²) in [5.41, 5.74) is 0. The fourth-order valence-electron chi connectivity index (χ4n) is 6.60. The lowest BCUT2D eigenvalue weighted by atomic mass is 9.54. The molecule has 7 rings (SSSR count). The summed E-state index contributed by atoms with van der Waals surface area (Å²) in [7, 11) is 0. The van der Waals surface area contributed by atoms with E-state index in [1.54, 1.807) is 32.1 Å². The highest BCUT2D eigenvalue weighted by molar-refractivity contribution is 5.03. The first-order valence-corrected chi connectivity index (χ1v) is 8.83. The Balaban J connectivity index is 1.31. The molecule has 2 nitrogen and oxygen atoms in total. The summed E-state index contributed by atoms with van der Waals surface area (Å²) in [6.45, 7) is 4.11. The van der Waals surface area contributed by atoms with Crippen LogP contribution < -0.4 is 5.32 Å². The molecule has 1 atom stereocenters. The maximum atomic E-state index is 4.19. The number of nitrogens with zero attached hydrogens (tertiary/aromatic N) is 1. The number of fused-ring (bicyclic) bond motifs is 3. The van der Waals surface area contributed by atoms with Gasteiger partial charge in [-0.15, -0.1) is 0 Å². The van der Waals surface area contributed by atoms with Crippen molar-refractivity contribution >= 4 is 0 Å². The van der Waals surface area contributed by atoms with Crippen LogP contribution in [0.1, 0.15) is 44.9 Å². The standard InChI is InChI=1S/C17H28N2/c1-3-19-4-2-13(1)16(10-19)18-17-14-6-11-5-12(8-14)9-15(17)7-11/h11-18H,1-10H2. The van der Waals surface area contributed by atoms with Crippen LogP contribution in [-0.4, -0.2) is 36.6 Å². The van der Waals surface area contributed by atoms with Crippen molar-refractivity contribution in [1.29, 1.82) is 0 Å². The summed E-state index contributed by atoms with van der Waals surface area (Å²) in [4.78, 5) is 2.70. The molecule has 2 heteroatoms. The molecule has 7 aliphatic rings. The summed E-state index contributed by atoms with van der Waals surface area (Å²) in [6, 6.07) is 1.74. The van der Waals surface area contributed by atoms with E-state index in [0.717, 1.165) is 41.7 Å². The number of nitrogens with one attached hydrogen (secondary N) is 1. The van der Waals surface area contributed by atoms with Gasteiger partial charge in [-0.2, -0.15) is 0 Å². The van der Waals surface area contributed by atoms with Crippen molar-refractivity contribution < 1.29 is 0 Å². The maximum absolute atomic E-state index is 4.19. The average molecular weight is 260 g/mol. The summed E-state index contributed by atoms with van der Waals surface area (Å²) in [5, 5.41) is 4.19. The zero-order chi connectivity index (χ0) is 12.4. The van der Waals surface area contributed by atoms with Crippen LogP contribution in [0.25, 0.3) is 0 Å². The third kappa shape index (κ3) is 1.82. The molecule has 106 valence electrons. The summed E-state index contributed by atoms with van der Waals surface area (Å²) >= 11 is 0. The van der Waals surface area contributed by atoms with Gasteiger partial charge < -0.3 is 10.2 Å². The van der Waals surface area contributed by atoms with Crippen LogP contribution in [0.15, 0.2) is 0 Å². The highest BCUT2D eigenvalue weighted by atomic mass is 15.2. The van der Waals surface area contributed by atoms with Gasteiger partial charge in [0.2, 0.25) is 0 Å². The van der Waals surface area contributed by atoms with Crippen LogP contribution in [0.4, 0.5) is 0 Å². The molecule has 6 bridgehead atoms. The van der Waals surface area contributed by atoms with Gasteiger partial charge in [-0.05, 0) is 87.6 Å². The zero-order valence-corrected chi connectivity index (χ0v) is 12.1. The molecular weight excluding hydrogens is 232 g/mol. The van der Waals surface area contributed by atoms with E-state index in [1.165, 1.54) is 32.5 Å². The van der Waals surface area contributed by atoms with E-state index in [4.69, 9.17) is 0 Å². The van der Waals surface area contributed by atoms with Gasteiger partial charge in [-0.1, -0.05) is 0 Å². The lowest BCUT2D eigenvalue weighted by molar-refractivity contribution is -0.0318. The molecule has 7 fully saturated rings. The molecular formula is C17H28N2. The molecule has 1 unspecified atom stereocenters. The van der Waals surface area contributed by atoms with Crippen molar-refractivity contribution in [2.45, 2.75) is 57.0 Å². The normalized spacial score (nSPS) is 58.7. The average Bonchev–Trinajstić information content (AvgIpc) is 2.43. The van der Waals surface area contributed by atoms with E-state index in [1.807, 2.05) is 0 Å². The SMILES string of the molecule is C1C2CC3CC1CC(C2)C3NC1CN2CCC1CC2. The Hall–Kier alpha value is -0.0800. The van der Waals surface area contributed by atoms with E-state index in [0.29, 0.717) is 0 Å². The molecule has 3 saturated heterocycles. The Labute approximate surface area is 117 Å². The zero-order valence-electron chi connectivity index (χ0n) is 12.1. The van der Waals surface area contributed by atoms with Gasteiger partial charge in [-0.25, -0.2) is 0 Å². The molecule has 4 saturated carbocycles. The second kappa shape index (κ2) is 4.21. The third-order valence-corrected chi connectivity index (χ3v) is 7.29. The highest BCUT2D eigenvalue weighted by Crippen LogP contribution is 2.54. The van der Waals surface area contributed by atoms with E-state index in [-0.39, 0.29) is 0 Å². The molecule has 0 aromatic rings. The molecule has 3 aliphatic heterocycles. The van der Waals surface area contributed by atoms with Gasteiger partial charge >= 0.3 is 0 Å². The van der Waals surface area contributed by atoms with E-state index < -0.39 is 0 Å². The Morgan fingerprint density at radius 3 is 1.89 bits per heavy atom. The largest absolute Gasteiger partial charge is 0.309 e. The third-order valence-electron chi connectivity index (χ3n) is 7.29. The molecule has 0 aromatic carbocycles. The van der Waals surface area contributed by atoms with Crippen LogP contribution in [0.3, 0.4) is 0 Å². The highest BCUT2D eigenvalue weighted by Gasteiger charge is 2.49. The van der Waals surface area contributed by atoms with E-state index in [2.05, 4.69) is 10.2 Å². The fourth-order valence-corrected chi connectivity index (χ4v) is 6.60. The number of piperidine rings is 3. The fraction of sp³-hybridized carbons (Fsp3) is 1.00. The van der Waals surface area contributed by atoms with Gasteiger partial charge in [0.25, 0.3) is 0 Å². The second-order valence-electron chi connectivity index (χ2n) is 8.37. The summed E-state index contributed by atoms with van der Waals surface area (Å²) < 4.78 is 0. The van der Waals surface area contributed by atoms with Crippen LogP contribution >= 0.6 is 0 Å². The van der Waals surface area contributed by atoms with E-state index in [9.17, 15) is 0 Å². The first kappa shape index (κ1) is 11.6. The maximum Gasteiger partial charge on any atom is 0.0227 e. The minimum atomic E-state index is 0.838. The quantitative estimate of drug-likeness (QED) is 0.820. The van der Waals surface area contributed by atoms with Gasteiger partial charge in [0.05, 0.1) is 0 Å². The number of hydrogen-bond acceptors (Lipinski definition) is 2. The number of hydrogen-bond donors (Lipinski definition) is 1. The molecule has 4 aliphatic carbocycles. The minimum Gasteiger partial charge on any atom is -0.309 e. The lowest BCUT2D eigenvalue weighted by Crippen LogP contribution is -2.63. The smallest absolute Gasteiger partial charge is 0.0227 e. The van der Waals surface area contributed by atoms with Gasteiger partial charge in [0, 0.05) is 18.6 Å². The molecule has 0 aromatic heterocycles. The van der Waals surface area contributed by atoms with Gasteiger partial charge in [0.1, 0.15) is 0 Å². The first-order valence-electron chi connectivity index (χ1n) is 8.83. The predicted octanol–water partition coefficient (Wildman–Crippen LogP) is 2.49. The Morgan fingerprint density at radius 1 is 0.737 bits per heavy atom. The summed E-state index contributed by atoms with van der Waals surface area (Å²) in [6.07, 6.45) is 10.8. The van der Waals surface area contributed by atoms with Crippen LogP contribution in [-0.2, 0) is 0 Å². The topological polar surface area (TPSA) is 15.3 Å². The van der Waals surface area contributed by atoms with Gasteiger partial charge in [0.15, 0.2) is 0 Å². The molecule has 0 radical (unpaired) electrons. The first-order chi connectivity index (χ1) is 9.35. The molecule has 1 N–H and O–H groups in total. The van der Waals surface area contributed by atoms with Crippen molar-refractivity contribution in [2.24, 2.45) is 29.6 Å². The van der Waals surface area contributed by atoms with E-state index >= 15 is 0 Å².